The van der Waals surface area contributed by atoms with E-state index in [-0.39, 0.29) is 17.1 Å². The molecule has 0 radical (unpaired) electrons. The van der Waals surface area contributed by atoms with Crippen LogP contribution in [0.4, 0.5) is 0 Å². The highest BCUT2D eigenvalue weighted by molar-refractivity contribution is 6.74. The lowest BCUT2D eigenvalue weighted by atomic mass is 9.75. The van der Waals surface area contributed by atoms with Crippen LogP contribution in [0.3, 0.4) is 0 Å². The van der Waals surface area contributed by atoms with Gasteiger partial charge in [-0.25, -0.2) is 4.79 Å². The van der Waals surface area contributed by atoms with Gasteiger partial charge in [0.15, 0.2) is 33.9 Å². The molecule has 0 unspecified atom stereocenters. The van der Waals surface area contributed by atoms with Crippen molar-refractivity contribution in [1.82, 2.24) is 0 Å². The first kappa shape index (κ1) is 30.4. The van der Waals surface area contributed by atoms with Crippen molar-refractivity contribution < 1.29 is 28.2 Å². The number of rotatable bonds is 7. The molecule has 2 aliphatic carbocycles. The lowest BCUT2D eigenvalue weighted by Gasteiger charge is -2.45. The Balaban J connectivity index is 1.81. The van der Waals surface area contributed by atoms with Crippen molar-refractivity contribution in [2.45, 2.75) is 121 Å². The Hall–Kier alpha value is -1.56. The van der Waals surface area contributed by atoms with Crippen LogP contribution >= 0.6 is 0 Å². The maximum absolute atomic E-state index is 13.7. The van der Waals surface area contributed by atoms with Crippen LogP contribution in [0.2, 0.25) is 37.8 Å². The number of aliphatic hydroxyl groups is 1. The molecule has 0 amide bonds. The standard InChI is InChI=1S/C31H48O6Si2/c1-20-17-25(34-19-22-15-13-12-14-16-22)31(33)27(35-28(32)30(31,6)37-38(7,8)9)26-21(2)24(18-23(20)26)36-39(10,11)29(3,4)5/h12-16,23-25,27,33H,1,17-19H2,2-11H3/t23-,24-,25-,27+,30-,31-/m1/s1. The van der Waals surface area contributed by atoms with E-state index < -0.39 is 46.0 Å². The maximum Gasteiger partial charge on any atom is 0.341 e. The second-order valence-electron chi connectivity index (χ2n) is 14.3. The Morgan fingerprint density at radius 3 is 2.31 bits per heavy atom. The minimum Gasteiger partial charge on any atom is -0.452 e. The summed E-state index contributed by atoms with van der Waals surface area (Å²) in [5, 5.41) is 12.9. The fourth-order valence-corrected chi connectivity index (χ4v) is 8.96. The van der Waals surface area contributed by atoms with Gasteiger partial charge in [0.1, 0.15) is 0 Å². The summed E-state index contributed by atoms with van der Waals surface area (Å²) < 4.78 is 26.1. The van der Waals surface area contributed by atoms with Crippen LogP contribution < -0.4 is 0 Å². The van der Waals surface area contributed by atoms with Gasteiger partial charge >= 0.3 is 5.97 Å². The Bertz CT molecular complexity index is 1150. The highest BCUT2D eigenvalue weighted by atomic mass is 28.4. The molecule has 1 N–H and O–H groups in total. The largest absolute Gasteiger partial charge is 0.452 e. The van der Waals surface area contributed by atoms with Crippen molar-refractivity contribution in [3.05, 3.63) is 59.2 Å². The number of carbonyl (C=O) groups excluding carboxylic acids is 1. The average molecular weight is 573 g/mol. The summed E-state index contributed by atoms with van der Waals surface area (Å²) >= 11 is 0. The van der Waals surface area contributed by atoms with Gasteiger partial charge in [-0.15, -0.1) is 0 Å². The van der Waals surface area contributed by atoms with E-state index in [0.29, 0.717) is 13.0 Å². The molecule has 0 spiro atoms. The Morgan fingerprint density at radius 2 is 1.74 bits per heavy atom. The minimum absolute atomic E-state index is 0.0558. The first-order valence-corrected chi connectivity index (χ1v) is 20.5. The second-order valence-corrected chi connectivity index (χ2v) is 23.5. The molecule has 6 atom stereocenters. The maximum atomic E-state index is 13.7. The van der Waals surface area contributed by atoms with E-state index in [2.05, 4.69) is 47.4 Å². The zero-order valence-electron chi connectivity index (χ0n) is 25.5. The molecule has 216 valence electrons. The number of ether oxygens (including phenoxy) is 2. The van der Waals surface area contributed by atoms with Gasteiger partial charge in [-0.05, 0) is 81.2 Å². The van der Waals surface area contributed by atoms with Gasteiger partial charge in [-0.1, -0.05) is 63.3 Å². The monoisotopic (exact) mass is 572 g/mol. The Labute approximate surface area is 237 Å². The fourth-order valence-electron chi connectivity index (χ4n) is 6.15. The third-order valence-electron chi connectivity index (χ3n) is 9.30. The third kappa shape index (κ3) is 5.29. The van der Waals surface area contributed by atoms with Gasteiger partial charge in [0.25, 0.3) is 0 Å². The Morgan fingerprint density at radius 1 is 1.13 bits per heavy atom. The van der Waals surface area contributed by atoms with Crippen LogP contribution in [0.5, 0.6) is 0 Å². The number of fused-ring (bicyclic) bond motifs is 3. The summed E-state index contributed by atoms with van der Waals surface area (Å²) in [5.41, 5.74) is 0.585. The predicted molar refractivity (Wildman–Crippen MR) is 159 cm³/mol. The summed E-state index contributed by atoms with van der Waals surface area (Å²) in [7, 11) is -4.38. The van der Waals surface area contributed by atoms with Crippen molar-refractivity contribution in [1.29, 1.82) is 0 Å². The summed E-state index contributed by atoms with van der Waals surface area (Å²) in [6.45, 7) is 25.8. The zero-order valence-corrected chi connectivity index (χ0v) is 27.5. The highest BCUT2D eigenvalue weighted by Gasteiger charge is 2.73. The molecule has 2 fully saturated rings. The van der Waals surface area contributed by atoms with Crippen molar-refractivity contribution in [2.75, 3.05) is 0 Å². The van der Waals surface area contributed by atoms with Crippen molar-refractivity contribution in [3.8, 4) is 0 Å². The molecule has 6 nitrogen and oxygen atoms in total. The van der Waals surface area contributed by atoms with Gasteiger partial charge in [0.2, 0.25) is 0 Å². The van der Waals surface area contributed by atoms with Crippen molar-refractivity contribution in [3.63, 3.8) is 0 Å². The van der Waals surface area contributed by atoms with Gasteiger partial charge in [-0.3, -0.25) is 0 Å². The molecule has 3 aliphatic rings. The third-order valence-corrected chi connectivity index (χ3v) is 14.8. The summed E-state index contributed by atoms with van der Waals surface area (Å²) in [6.07, 6.45) is -0.626. The van der Waals surface area contributed by atoms with Crippen molar-refractivity contribution >= 4 is 22.6 Å². The molecule has 0 aromatic heterocycles. The molecule has 1 saturated carbocycles. The molecule has 1 heterocycles. The topological polar surface area (TPSA) is 74.2 Å². The van der Waals surface area contributed by atoms with E-state index in [1.807, 2.05) is 50.0 Å². The number of esters is 1. The molecule has 1 aromatic carbocycles. The molecule has 1 aliphatic heterocycles. The number of hydrogen-bond acceptors (Lipinski definition) is 6. The summed E-state index contributed by atoms with van der Waals surface area (Å²) in [5.74, 6) is -0.602. The number of carbonyl (C=O) groups is 1. The van der Waals surface area contributed by atoms with E-state index in [0.717, 1.165) is 28.7 Å². The minimum atomic E-state index is -2.30. The normalized spacial score (nSPS) is 33.6. The smallest absolute Gasteiger partial charge is 0.341 e. The van der Waals surface area contributed by atoms with Crippen LogP contribution in [0.1, 0.15) is 53.0 Å². The molecular weight excluding hydrogens is 525 g/mol. The molecule has 1 saturated heterocycles. The first-order valence-electron chi connectivity index (χ1n) is 14.2. The van der Waals surface area contributed by atoms with E-state index in [9.17, 15) is 9.90 Å². The van der Waals surface area contributed by atoms with Crippen molar-refractivity contribution in [2.24, 2.45) is 5.92 Å². The molecule has 8 heteroatoms. The molecule has 0 bridgehead atoms. The van der Waals surface area contributed by atoms with Gasteiger partial charge in [0.05, 0.1) is 18.8 Å². The Kier molecular flexibility index (Phi) is 7.85. The van der Waals surface area contributed by atoms with E-state index in [4.69, 9.17) is 18.3 Å². The van der Waals surface area contributed by atoms with E-state index in [1.165, 1.54) is 0 Å². The lowest BCUT2D eigenvalue weighted by Crippen LogP contribution is -2.66. The van der Waals surface area contributed by atoms with Gasteiger partial charge in [0, 0.05) is 5.92 Å². The number of hydrogen-bond donors (Lipinski definition) is 1. The van der Waals surface area contributed by atoms with Crippen LogP contribution in [0.15, 0.2) is 53.6 Å². The van der Waals surface area contributed by atoms with E-state index >= 15 is 0 Å². The highest BCUT2D eigenvalue weighted by Crippen LogP contribution is 2.56. The molecular formula is C31H48O6Si2. The predicted octanol–water partition coefficient (Wildman–Crippen LogP) is 6.53. The summed E-state index contributed by atoms with van der Waals surface area (Å²) in [6, 6.07) is 9.87. The quantitative estimate of drug-likeness (QED) is 0.228. The number of benzene rings is 1. The van der Waals surface area contributed by atoms with Crippen LogP contribution in [-0.2, 0) is 29.7 Å². The average Bonchev–Trinajstić information content (AvgIpc) is 3.18. The van der Waals surface area contributed by atoms with Crippen LogP contribution in [0, 0.1) is 5.92 Å². The lowest BCUT2D eigenvalue weighted by molar-refractivity contribution is -0.192. The summed E-state index contributed by atoms with van der Waals surface area (Å²) in [4.78, 5) is 13.7. The van der Waals surface area contributed by atoms with Crippen LogP contribution in [-0.4, -0.2) is 57.2 Å². The first-order chi connectivity index (χ1) is 17.8. The zero-order chi connectivity index (χ0) is 29.2. The SMILES string of the molecule is C=C1C[C@@H](OCc2ccccc2)[C@@]2(O)[C@@H](OC(=O)[C@@]2(C)O[Si](C)(C)C)C2=C(C)[C@H](O[Si](C)(C)C(C)(C)C)C[C@H]12. The molecule has 1 aromatic rings. The van der Waals surface area contributed by atoms with Gasteiger partial charge in [-0.2, -0.15) is 0 Å². The van der Waals surface area contributed by atoms with Gasteiger partial charge < -0.3 is 23.4 Å². The van der Waals surface area contributed by atoms with Crippen LogP contribution in [0.25, 0.3) is 0 Å². The fraction of sp³-hybridized carbons (Fsp3) is 0.645. The van der Waals surface area contributed by atoms with E-state index in [1.54, 1.807) is 6.92 Å². The second kappa shape index (κ2) is 10.1. The molecule has 4 rings (SSSR count). The molecule has 39 heavy (non-hydrogen) atoms.